The van der Waals surface area contributed by atoms with Gasteiger partial charge in [0.2, 0.25) is 0 Å². The van der Waals surface area contributed by atoms with Crippen LogP contribution < -0.4 is 14.9 Å². The van der Waals surface area contributed by atoms with Crippen LogP contribution in [0.4, 0.5) is 13.2 Å². The second-order valence-corrected chi connectivity index (χ2v) is 10.4. The number of ether oxygens (including phenoxy) is 2. The lowest BCUT2D eigenvalue weighted by atomic mass is 10.1. The normalized spacial score (nSPS) is 11.7. The van der Waals surface area contributed by atoms with Gasteiger partial charge in [-0.3, -0.25) is 9.48 Å². The number of methoxy groups -OCH3 is 1. The van der Waals surface area contributed by atoms with Crippen molar-refractivity contribution in [2.75, 3.05) is 12.9 Å². The molecule has 1 N–H and O–H groups in total. The number of carbonyl (C=O) groups excluding carboxylic acids is 1. The maximum absolute atomic E-state index is 13.1. The van der Waals surface area contributed by atoms with Crippen molar-refractivity contribution in [2.45, 2.75) is 31.4 Å². The zero-order chi connectivity index (χ0) is 30.4. The lowest BCUT2D eigenvalue weighted by Crippen LogP contribution is -2.20. The summed E-state index contributed by atoms with van der Waals surface area (Å²) in [5.74, 6) is 0.791. The van der Waals surface area contributed by atoms with Crippen molar-refractivity contribution >= 4 is 47.1 Å². The van der Waals surface area contributed by atoms with Crippen molar-refractivity contribution in [3.8, 4) is 23.0 Å². The van der Waals surface area contributed by atoms with Crippen molar-refractivity contribution in [1.29, 1.82) is 0 Å². The molecule has 0 saturated heterocycles. The molecule has 0 bridgehead atoms. The lowest BCUT2D eigenvalue weighted by molar-refractivity contribution is -0.141. The summed E-state index contributed by atoms with van der Waals surface area (Å²) in [6.45, 7) is 2.32. The highest BCUT2D eigenvalue weighted by molar-refractivity contribution is 7.99. The fraction of sp³-hybridized carbons (Fsp3) is 0.269. The minimum absolute atomic E-state index is 0.0573. The average molecular weight is 642 g/mol. The minimum Gasteiger partial charge on any atom is -0.496 e. The largest absolute Gasteiger partial charge is 0.496 e. The second-order valence-electron chi connectivity index (χ2n) is 8.60. The number of hydrazone groups is 1. The monoisotopic (exact) mass is 641 g/mol. The van der Waals surface area contributed by atoms with Gasteiger partial charge in [-0.15, -0.1) is 10.2 Å². The first kappa shape index (κ1) is 31.2. The van der Waals surface area contributed by atoms with E-state index in [9.17, 15) is 18.0 Å². The Hall–Kier alpha value is -3.75. The van der Waals surface area contributed by atoms with Crippen molar-refractivity contribution in [2.24, 2.45) is 12.1 Å². The zero-order valence-corrected chi connectivity index (χ0v) is 24.8. The molecule has 2 aromatic carbocycles. The number of hydrogen-bond acceptors (Lipinski definition) is 8. The van der Waals surface area contributed by atoms with E-state index in [0.717, 1.165) is 28.1 Å². The number of amides is 1. The predicted molar refractivity (Wildman–Crippen MR) is 153 cm³/mol. The Bertz CT molecular complexity index is 1610. The summed E-state index contributed by atoms with van der Waals surface area (Å²) >= 11 is 13.2. The molecule has 0 atom stereocenters. The highest BCUT2D eigenvalue weighted by Gasteiger charge is 2.35. The van der Waals surface area contributed by atoms with Gasteiger partial charge in [-0.1, -0.05) is 35.0 Å². The number of nitrogens with one attached hydrogen (secondary N) is 1. The van der Waals surface area contributed by atoms with E-state index >= 15 is 0 Å². The summed E-state index contributed by atoms with van der Waals surface area (Å²) < 4.78 is 53.2. The molecule has 2 aromatic heterocycles. The van der Waals surface area contributed by atoms with Crippen molar-refractivity contribution in [3.63, 3.8) is 0 Å². The standard InChI is InChI=1S/C26H24Cl2F3N7O3S/c1-4-38-24(19-11-22(26(29,30)31)36-37(19)2)34-35-25(38)42-14-23(39)33-32-12-15-5-7-20(40-3)16(9-15)13-41-21-8-6-17(27)10-18(21)28/h5-12H,4,13-14H2,1-3H3,(H,33,39). The number of nitrogens with zero attached hydrogens (tertiary/aromatic N) is 6. The molecule has 10 nitrogen and oxygen atoms in total. The van der Waals surface area contributed by atoms with E-state index in [1.54, 1.807) is 55.0 Å². The van der Waals surface area contributed by atoms with Gasteiger partial charge in [0.1, 0.15) is 23.8 Å². The number of thioether (sulfide) groups is 1. The van der Waals surface area contributed by atoms with Gasteiger partial charge in [-0.2, -0.15) is 23.4 Å². The molecule has 0 fully saturated rings. The Kier molecular flexibility index (Phi) is 10.0. The van der Waals surface area contributed by atoms with Crippen LogP contribution in [0, 0.1) is 0 Å². The molecule has 16 heteroatoms. The number of halogens is 5. The van der Waals surface area contributed by atoms with Gasteiger partial charge in [0.15, 0.2) is 16.7 Å². The molecule has 0 spiro atoms. The Labute approximate surface area is 252 Å². The fourth-order valence-corrected chi connectivity index (χ4v) is 5.02. The molecule has 0 radical (unpaired) electrons. The highest BCUT2D eigenvalue weighted by atomic mass is 35.5. The lowest BCUT2D eigenvalue weighted by Gasteiger charge is -2.12. The smallest absolute Gasteiger partial charge is 0.435 e. The summed E-state index contributed by atoms with van der Waals surface area (Å²) in [5.41, 5.74) is 2.97. The maximum Gasteiger partial charge on any atom is 0.435 e. The molecule has 222 valence electrons. The van der Waals surface area contributed by atoms with E-state index in [1.165, 1.54) is 13.3 Å². The number of benzene rings is 2. The van der Waals surface area contributed by atoms with Crippen LogP contribution in [0.3, 0.4) is 0 Å². The van der Waals surface area contributed by atoms with E-state index in [2.05, 4.69) is 25.8 Å². The summed E-state index contributed by atoms with van der Waals surface area (Å²) in [5, 5.41) is 16.8. The minimum atomic E-state index is -4.59. The van der Waals surface area contributed by atoms with Crippen molar-refractivity contribution in [1.82, 2.24) is 30.0 Å². The third-order valence-corrected chi connectivity index (χ3v) is 7.25. The van der Waals surface area contributed by atoms with Crippen LogP contribution in [0.2, 0.25) is 10.0 Å². The fourth-order valence-electron chi connectivity index (χ4n) is 3.77. The Morgan fingerprint density at radius 2 is 1.90 bits per heavy atom. The molecule has 2 heterocycles. The third-order valence-electron chi connectivity index (χ3n) is 5.75. The first-order valence-corrected chi connectivity index (χ1v) is 14.0. The first-order valence-electron chi connectivity index (χ1n) is 12.2. The van der Waals surface area contributed by atoms with E-state index in [4.69, 9.17) is 32.7 Å². The summed E-state index contributed by atoms with van der Waals surface area (Å²) in [6.07, 6.45) is -3.12. The van der Waals surface area contributed by atoms with E-state index in [-0.39, 0.29) is 23.9 Å². The van der Waals surface area contributed by atoms with Crippen LogP contribution in [-0.4, -0.2) is 49.5 Å². The van der Waals surface area contributed by atoms with E-state index < -0.39 is 17.8 Å². The Morgan fingerprint density at radius 3 is 2.57 bits per heavy atom. The first-order chi connectivity index (χ1) is 20.0. The Balaban J connectivity index is 1.36. The molecule has 4 rings (SSSR count). The average Bonchev–Trinajstić information content (AvgIpc) is 3.54. The molecule has 0 unspecified atom stereocenters. The van der Waals surface area contributed by atoms with E-state index in [1.807, 2.05) is 0 Å². The molecule has 0 aliphatic carbocycles. The van der Waals surface area contributed by atoms with Gasteiger partial charge in [0, 0.05) is 24.2 Å². The van der Waals surface area contributed by atoms with Gasteiger partial charge in [-0.05, 0) is 55.0 Å². The van der Waals surface area contributed by atoms with Crippen LogP contribution in [0.1, 0.15) is 23.7 Å². The van der Waals surface area contributed by atoms with Gasteiger partial charge >= 0.3 is 6.18 Å². The third kappa shape index (κ3) is 7.55. The predicted octanol–water partition coefficient (Wildman–Crippen LogP) is 5.85. The molecule has 0 aliphatic rings. The number of alkyl halides is 3. The summed E-state index contributed by atoms with van der Waals surface area (Å²) in [4.78, 5) is 12.4. The number of carbonyl (C=O) groups is 1. The quantitative estimate of drug-likeness (QED) is 0.124. The van der Waals surface area contributed by atoms with Crippen LogP contribution in [-0.2, 0) is 31.2 Å². The highest BCUT2D eigenvalue weighted by Crippen LogP contribution is 2.32. The van der Waals surface area contributed by atoms with Gasteiger partial charge in [-0.25, -0.2) is 5.43 Å². The molecule has 0 aliphatic heterocycles. The summed E-state index contributed by atoms with van der Waals surface area (Å²) in [6, 6.07) is 11.1. The van der Waals surface area contributed by atoms with Crippen LogP contribution in [0.5, 0.6) is 11.5 Å². The van der Waals surface area contributed by atoms with Crippen LogP contribution >= 0.6 is 35.0 Å². The van der Waals surface area contributed by atoms with E-state index in [0.29, 0.717) is 38.8 Å². The number of hydrogen-bond donors (Lipinski definition) is 1. The Morgan fingerprint density at radius 1 is 1.14 bits per heavy atom. The second kappa shape index (κ2) is 13.5. The summed E-state index contributed by atoms with van der Waals surface area (Å²) in [7, 11) is 2.93. The molecule has 0 saturated carbocycles. The maximum atomic E-state index is 13.1. The molecule has 42 heavy (non-hydrogen) atoms. The van der Waals surface area contributed by atoms with Gasteiger partial charge < -0.3 is 14.0 Å². The van der Waals surface area contributed by atoms with Gasteiger partial charge in [0.25, 0.3) is 5.91 Å². The van der Waals surface area contributed by atoms with Crippen molar-refractivity contribution in [3.05, 3.63) is 69.3 Å². The number of aryl methyl sites for hydroxylation is 1. The van der Waals surface area contributed by atoms with Gasteiger partial charge in [0.05, 0.1) is 24.1 Å². The van der Waals surface area contributed by atoms with Crippen molar-refractivity contribution < 1.29 is 27.4 Å². The SMILES string of the molecule is CCn1c(SCC(=O)NN=Cc2ccc(OC)c(COc3ccc(Cl)cc3Cl)c2)nnc1-c1cc(C(F)(F)F)nn1C. The molecular formula is C26H24Cl2F3N7O3S. The molecule has 1 amide bonds. The zero-order valence-electron chi connectivity index (χ0n) is 22.4. The van der Waals surface area contributed by atoms with Crippen LogP contribution in [0.15, 0.2) is 52.7 Å². The van der Waals surface area contributed by atoms with Crippen LogP contribution in [0.25, 0.3) is 11.5 Å². The number of aromatic nitrogens is 5. The molecule has 4 aromatic rings. The number of rotatable bonds is 11. The molecular weight excluding hydrogens is 618 g/mol. The topological polar surface area (TPSA) is 108 Å².